The monoisotopic (exact) mass is 306 g/mol. The highest BCUT2D eigenvalue weighted by Crippen LogP contribution is 2.56. The molecule has 0 aromatic heterocycles. The van der Waals surface area contributed by atoms with E-state index in [4.69, 9.17) is 4.74 Å². The normalized spacial score (nSPS) is 40.8. The molecule has 4 saturated carbocycles. The van der Waals surface area contributed by atoms with E-state index in [1.54, 1.807) is 0 Å². The van der Waals surface area contributed by atoms with Crippen molar-refractivity contribution in [3.8, 4) is 0 Å². The van der Waals surface area contributed by atoms with Gasteiger partial charge in [-0.15, -0.1) is 0 Å². The first-order valence-corrected chi connectivity index (χ1v) is 9.37. The van der Waals surface area contributed by atoms with Crippen LogP contribution in [0.15, 0.2) is 0 Å². The molecule has 5 aliphatic rings. The fourth-order valence-corrected chi connectivity index (χ4v) is 5.81. The summed E-state index contributed by atoms with van der Waals surface area (Å²) in [5, 5.41) is 3.25. The van der Waals surface area contributed by atoms with Crippen molar-refractivity contribution in [2.45, 2.75) is 38.5 Å². The predicted octanol–water partition coefficient (Wildman–Crippen LogP) is 1.90. The van der Waals surface area contributed by atoms with Crippen molar-refractivity contribution >= 4 is 5.91 Å². The molecular weight excluding hydrogens is 276 g/mol. The fourth-order valence-electron chi connectivity index (χ4n) is 5.81. The van der Waals surface area contributed by atoms with E-state index in [9.17, 15) is 4.79 Å². The van der Waals surface area contributed by atoms with Gasteiger partial charge in [0, 0.05) is 25.6 Å². The SMILES string of the molecule is O=C(NCCCN1CCOCC1)C1C2CC3CC(C2)CC1C3. The Hall–Kier alpha value is -0.610. The molecule has 4 heteroatoms. The predicted molar refractivity (Wildman–Crippen MR) is 85.4 cm³/mol. The van der Waals surface area contributed by atoms with Crippen molar-refractivity contribution < 1.29 is 9.53 Å². The van der Waals surface area contributed by atoms with Gasteiger partial charge in [-0.2, -0.15) is 0 Å². The Labute approximate surface area is 134 Å². The second-order valence-corrected chi connectivity index (χ2v) is 8.06. The Morgan fingerprint density at radius 2 is 1.64 bits per heavy atom. The Balaban J connectivity index is 1.21. The van der Waals surface area contributed by atoms with Crippen LogP contribution in [0.1, 0.15) is 38.5 Å². The standard InChI is InChI=1S/C18H30N2O2/c21-18(19-2-1-3-20-4-6-22-7-5-20)17-15-9-13-8-14(11-15)12-16(17)10-13/h13-17H,1-12H2,(H,19,21). The molecule has 22 heavy (non-hydrogen) atoms. The van der Waals surface area contributed by atoms with Crippen molar-refractivity contribution in [1.29, 1.82) is 0 Å². The van der Waals surface area contributed by atoms with Crippen LogP contribution in [0, 0.1) is 29.6 Å². The van der Waals surface area contributed by atoms with Crippen LogP contribution in [0.25, 0.3) is 0 Å². The minimum Gasteiger partial charge on any atom is -0.379 e. The number of rotatable bonds is 5. The molecule has 4 aliphatic carbocycles. The van der Waals surface area contributed by atoms with Gasteiger partial charge in [0.1, 0.15) is 0 Å². The summed E-state index contributed by atoms with van der Waals surface area (Å²) in [5.41, 5.74) is 0. The molecule has 1 saturated heterocycles. The Morgan fingerprint density at radius 1 is 1.00 bits per heavy atom. The second kappa shape index (κ2) is 6.48. The quantitative estimate of drug-likeness (QED) is 0.789. The van der Waals surface area contributed by atoms with Crippen molar-refractivity contribution in [3.63, 3.8) is 0 Å². The molecule has 4 nitrogen and oxygen atoms in total. The van der Waals surface area contributed by atoms with Crippen molar-refractivity contribution in [1.82, 2.24) is 10.2 Å². The molecule has 0 aromatic rings. The third-order valence-electron chi connectivity index (χ3n) is 6.58. The summed E-state index contributed by atoms with van der Waals surface area (Å²) in [6.45, 7) is 5.75. The summed E-state index contributed by atoms with van der Waals surface area (Å²) in [5.74, 6) is 4.03. The number of nitrogens with one attached hydrogen (secondary N) is 1. The molecule has 1 N–H and O–H groups in total. The topological polar surface area (TPSA) is 41.6 Å². The van der Waals surface area contributed by atoms with Gasteiger partial charge >= 0.3 is 0 Å². The lowest BCUT2D eigenvalue weighted by Crippen LogP contribution is -2.51. The van der Waals surface area contributed by atoms with E-state index in [0.29, 0.717) is 23.7 Å². The van der Waals surface area contributed by atoms with E-state index < -0.39 is 0 Å². The van der Waals surface area contributed by atoms with Crippen LogP contribution >= 0.6 is 0 Å². The van der Waals surface area contributed by atoms with Crippen LogP contribution in [-0.4, -0.2) is 50.2 Å². The van der Waals surface area contributed by atoms with Crippen LogP contribution < -0.4 is 5.32 Å². The van der Waals surface area contributed by atoms with Gasteiger partial charge in [-0.3, -0.25) is 9.69 Å². The summed E-state index contributed by atoms with van der Waals surface area (Å²) in [7, 11) is 0. The highest BCUT2D eigenvalue weighted by Gasteiger charge is 2.50. The number of hydrogen-bond donors (Lipinski definition) is 1. The Kier molecular flexibility index (Phi) is 4.40. The summed E-state index contributed by atoms with van der Waals surface area (Å²) >= 11 is 0. The maximum Gasteiger partial charge on any atom is 0.223 e. The van der Waals surface area contributed by atoms with Crippen molar-refractivity contribution in [2.24, 2.45) is 29.6 Å². The molecule has 5 rings (SSSR count). The van der Waals surface area contributed by atoms with Crippen LogP contribution in [0.2, 0.25) is 0 Å². The first-order valence-electron chi connectivity index (χ1n) is 9.37. The van der Waals surface area contributed by atoms with Crippen molar-refractivity contribution in [2.75, 3.05) is 39.4 Å². The molecule has 124 valence electrons. The van der Waals surface area contributed by atoms with Gasteiger partial charge in [0.2, 0.25) is 5.91 Å². The van der Waals surface area contributed by atoms with Crippen molar-refractivity contribution in [3.05, 3.63) is 0 Å². The lowest BCUT2D eigenvalue weighted by molar-refractivity contribution is -0.138. The molecule has 1 heterocycles. The van der Waals surface area contributed by atoms with Gasteiger partial charge in [-0.25, -0.2) is 0 Å². The molecule has 0 atom stereocenters. The van der Waals surface area contributed by atoms with Crippen LogP contribution in [0.3, 0.4) is 0 Å². The first-order chi connectivity index (χ1) is 10.8. The van der Waals surface area contributed by atoms with Gasteiger partial charge in [-0.1, -0.05) is 0 Å². The number of hydrogen-bond acceptors (Lipinski definition) is 3. The molecule has 5 fully saturated rings. The number of ether oxygens (including phenoxy) is 1. The van der Waals surface area contributed by atoms with Gasteiger partial charge in [0.25, 0.3) is 0 Å². The van der Waals surface area contributed by atoms with Crippen LogP contribution in [0.4, 0.5) is 0 Å². The number of morpholine rings is 1. The van der Waals surface area contributed by atoms with Gasteiger partial charge in [0.15, 0.2) is 0 Å². The summed E-state index contributed by atoms with van der Waals surface area (Å²) < 4.78 is 5.37. The minimum absolute atomic E-state index is 0.344. The number of carbonyl (C=O) groups is 1. The third kappa shape index (κ3) is 3.05. The zero-order valence-electron chi connectivity index (χ0n) is 13.6. The third-order valence-corrected chi connectivity index (χ3v) is 6.58. The number of amides is 1. The highest BCUT2D eigenvalue weighted by molar-refractivity contribution is 5.79. The molecule has 4 bridgehead atoms. The van der Waals surface area contributed by atoms with Crippen LogP contribution in [-0.2, 0) is 9.53 Å². The lowest BCUT2D eigenvalue weighted by atomic mass is 9.51. The van der Waals surface area contributed by atoms with E-state index in [1.807, 2.05) is 0 Å². The van der Waals surface area contributed by atoms with E-state index in [0.717, 1.165) is 57.6 Å². The first kappa shape index (κ1) is 14.9. The smallest absolute Gasteiger partial charge is 0.223 e. The molecule has 1 amide bonds. The lowest BCUT2D eigenvalue weighted by Gasteiger charge is -2.53. The maximum absolute atomic E-state index is 12.6. The van der Waals surface area contributed by atoms with E-state index in [1.165, 1.54) is 32.1 Å². The number of nitrogens with zero attached hydrogens (tertiary/aromatic N) is 1. The second-order valence-electron chi connectivity index (χ2n) is 8.06. The zero-order valence-corrected chi connectivity index (χ0v) is 13.6. The maximum atomic E-state index is 12.6. The summed E-state index contributed by atoms with van der Waals surface area (Å²) in [6, 6.07) is 0. The molecular formula is C18H30N2O2. The fraction of sp³-hybridized carbons (Fsp3) is 0.944. The molecule has 0 spiro atoms. The molecule has 1 aliphatic heterocycles. The summed E-state index contributed by atoms with van der Waals surface area (Å²) in [4.78, 5) is 15.1. The molecule has 0 aromatic carbocycles. The average Bonchev–Trinajstić information content (AvgIpc) is 2.51. The number of carbonyl (C=O) groups excluding carboxylic acids is 1. The van der Waals surface area contributed by atoms with Gasteiger partial charge in [0.05, 0.1) is 13.2 Å². The molecule has 0 radical (unpaired) electrons. The Morgan fingerprint density at radius 3 is 2.27 bits per heavy atom. The zero-order chi connectivity index (χ0) is 14.9. The summed E-state index contributed by atoms with van der Waals surface area (Å²) in [6.07, 6.45) is 7.86. The van der Waals surface area contributed by atoms with E-state index >= 15 is 0 Å². The van der Waals surface area contributed by atoms with Gasteiger partial charge in [-0.05, 0) is 68.7 Å². The van der Waals surface area contributed by atoms with Crippen LogP contribution in [0.5, 0.6) is 0 Å². The van der Waals surface area contributed by atoms with Gasteiger partial charge < -0.3 is 10.1 Å². The minimum atomic E-state index is 0.344. The highest BCUT2D eigenvalue weighted by atomic mass is 16.5. The van der Waals surface area contributed by atoms with E-state index in [2.05, 4.69) is 10.2 Å². The molecule has 0 unspecified atom stereocenters. The largest absolute Gasteiger partial charge is 0.379 e. The van der Waals surface area contributed by atoms with E-state index in [-0.39, 0.29) is 0 Å². The Bertz CT molecular complexity index is 378. The average molecular weight is 306 g/mol.